The molecule has 4 rings (SSSR count). The molecule has 2 aliphatic heterocycles. The third kappa shape index (κ3) is 4.16. The fourth-order valence-corrected chi connectivity index (χ4v) is 4.59. The molecule has 0 radical (unpaired) electrons. The van der Waals surface area contributed by atoms with Crippen LogP contribution in [0.4, 0.5) is 0 Å². The van der Waals surface area contributed by atoms with Gasteiger partial charge in [0, 0.05) is 50.5 Å². The van der Waals surface area contributed by atoms with Crippen molar-refractivity contribution in [1.29, 1.82) is 0 Å². The summed E-state index contributed by atoms with van der Waals surface area (Å²) in [6, 6.07) is 3.97. The maximum absolute atomic E-state index is 12.8. The van der Waals surface area contributed by atoms with Crippen molar-refractivity contribution in [3.63, 3.8) is 0 Å². The molecule has 0 unspecified atom stereocenters. The highest BCUT2D eigenvalue weighted by atomic mass is 32.1. The molecule has 0 aromatic carbocycles. The van der Waals surface area contributed by atoms with Crippen LogP contribution in [0.15, 0.2) is 30.0 Å². The van der Waals surface area contributed by atoms with Crippen molar-refractivity contribution in [2.75, 3.05) is 32.8 Å². The minimum atomic E-state index is -0.190. The molecule has 0 saturated carbocycles. The van der Waals surface area contributed by atoms with Gasteiger partial charge in [0.25, 0.3) is 0 Å². The second-order valence-corrected chi connectivity index (χ2v) is 8.21. The number of nitrogens with one attached hydrogen (secondary N) is 1. The summed E-state index contributed by atoms with van der Waals surface area (Å²) < 4.78 is 7.51. The Labute approximate surface area is 158 Å². The fraction of sp³-hybridized carbons (Fsp3) is 0.579. The molecule has 4 heterocycles. The van der Waals surface area contributed by atoms with Gasteiger partial charge in [-0.3, -0.25) is 9.69 Å². The van der Waals surface area contributed by atoms with Gasteiger partial charge in [0.2, 0.25) is 5.91 Å². The van der Waals surface area contributed by atoms with Crippen LogP contribution in [0.25, 0.3) is 0 Å². The topological polar surface area (TPSA) is 59.4 Å². The highest BCUT2D eigenvalue weighted by molar-refractivity contribution is 7.09. The van der Waals surface area contributed by atoms with E-state index < -0.39 is 0 Å². The Bertz CT molecular complexity index is 709. The fourth-order valence-electron chi connectivity index (χ4n) is 3.89. The Hall–Kier alpha value is -1.70. The van der Waals surface area contributed by atoms with E-state index >= 15 is 0 Å². The molecule has 0 aliphatic carbocycles. The first-order valence-corrected chi connectivity index (χ1v) is 10.3. The van der Waals surface area contributed by atoms with Crippen LogP contribution in [-0.2, 0) is 22.5 Å². The summed E-state index contributed by atoms with van der Waals surface area (Å²) in [7, 11) is 0. The van der Waals surface area contributed by atoms with Crippen molar-refractivity contribution in [2.24, 2.45) is 5.92 Å². The molecule has 140 valence electrons. The average Bonchev–Trinajstić information content (AvgIpc) is 3.33. The van der Waals surface area contributed by atoms with Crippen LogP contribution in [0, 0.1) is 5.92 Å². The lowest BCUT2D eigenvalue weighted by molar-refractivity contribution is -0.125. The third-order valence-corrected chi connectivity index (χ3v) is 6.25. The maximum atomic E-state index is 12.8. The number of carbonyl (C=O) groups is 1. The molecular formula is C19H26N4O2S. The van der Waals surface area contributed by atoms with Gasteiger partial charge in [-0.15, -0.1) is 11.3 Å². The van der Waals surface area contributed by atoms with Gasteiger partial charge in [-0.2, -0.15) is 0 Å². The number of fused-ring (bicyclic) bond motifs is 1. The van der Waals surface area contributed by atoms with Gasteiger partial charge in [0.05, 0.1) is 12.0 Å². The Kier molecular flexibility index (Phi) is 5.67. The molecule has 6 nitrogen and oxygen atoms in total. The molecule has 1 N–H and O–H groups in total. The summed E-state index contributed by atoms with van der Waals surface area (Å²) in [5.41, 5.74) is 1.13. The predicted molar refractivity (Wildman–Crippen MR) is 101 cm³/mol. The van der Waals surface area contributed by atoms with Crippen molar-refractivity contribution in [3.8, 4) is 0 Å². The Balaban J connectivity index is 1.36. The lowest BCUT2D eigenvalue weighted by atomic mass is 9.98. The molecule has 1 fully saturated rings. The van der Waals surface area contributed by atoms with Gasteiger partial charge >= 0.3 is 0 Å². The zero-order valence-corrected chi connectivity index (χ0v) is 15.8. The van der Waals surface area contributed by atoms with Crippen LogP contribution >= 0.6 is 11.3 Å². The van der Waals surface area contributed by atoms with E-state index in [2.05, 4.69) is 32.7 Å². The molecule has 7 heteroatoms. The average molecular weight is 375 g/mol. The van der Waals surface area contributed by atoms with E-state index in [-0.39, 0.29) is 11.9 Å². The molecule has 2 aromatic rings. The number of ether oxygens (including phenoxy) is 1. The lowest BCUT2D eigenvalue weighted by Gasteiger charge is -2.36. The Morgan fingerprint density at radius 3 is 3.08 bits per heavy atom. The maximum Gasteiger partial charge on any atom is 0.244 e. The van der Waals surface area contributed by atoms with Crippen LogP contribution in [0.1, 0.15) is 29.5 Å². The summed E-state index contributed by atoms with van der Waals surface area (Å²) in [6.07, 6.45) is 6.81. The summed E-state index contributed by atoms with van der Waals surface area (Å²) in [5.74, 6) is 0.762. The Morgan fingerprint density at radius 1 is 1.38 bits per heavy atom. The zero-order valence-electron chi connectivity index (χ0n) is 15.0. The number of nitrogens with zero attached hydrogens (tertiary/aromatic N) is 3. The van der Waals surface area contributed by atoms with E-state index in [1.807, 2.05) is 10.8 Å². The van der Waals surface area contributed by atoms with E-state index in [0.29, 0.717) is 12.5 Å². The standard InChI is InChI=1S/C19H26N4O2S/c24-19(21-6-3-17-2-1-9-26-17)18-13-22(11-15-4-7-25-8-5-15)12-16-10-20-14-23(16)18/h1-2,9-10,14-15,18H,3-8,11-13H2,(H,21,24)/t18-/m0/s1. The second kappa shape index (κ2) is 8.33. The third-order valence-electron chi connectivity index (χ3n) is 5.31. The van der Waals surface area contributed by atoms with Gasteiger partial charge in [-0.1, -0.05) is 6.07 Å². The predicted octanol–water partition coefficient (Wildman–Crippen LogP) is 2.09. The largest absolute Gasteiger partial charge is 0.381 e. The molecule has 2 aromatic heterocycles. The van der Waals surface area contributed by atoms with Crippen molar-refractivity contribution in [3.05, 3.63) is 40.6 Å². The van der Waals surface area contributed by atoms with Crippen molar-refractivity contribution in [1.82, 2.24) is 19.8 Å². The lowest BCUT2D eigenvalue weighted by Crippen LogP contribution is -2.46. The summed E-state index contributed by atoms with van der Waals surface area (Å²) in [6.45, 7) is 5.07. The first kappa shape index (κ1) is 17.7. The zero-order chi connectivity index (χ0) is 17.8. The molecule has 26 heavy (non-hydrogen) atoms. The van der Waals surface area contributed by atoms with Gasteiger partial charge in [0.1, 0.15) is 6.04 Å². The molecule has 0 bridgehead atoms. The van der Waals surface area contributed by atoms with E-state index in [0.717, 1.165) is 57.8 Å². The SMILES string of the molecule is O=C(NCCc1cccs1)[C@@H]1CN(CC2CCOCC2)Cc2cncn21. The number of imidazole rings is 1. The van der Waals surface area contributed by atoms with Gasteiger partial charge in [-0.05, 0) is 36.6 Å². The van der Waals surface area contributed by atoms with Crippen LogP contribution in [-0.4, -0.2) is 53.2 Å². The van der Waals surface area contributed by atoms with E-state index in [1.165, 1.54) is 4.88 Å². The van der Waals surface area contributed by atoms with Gasteiger partial charge in [0.15, 0.2) is 0 Å². The summed E-state index contributed by atoms with van der Waals surface area (Å²) >= 11 is 1.73. The first-order chi connectivity index (χ1) is 12.8. The number of thiophene rings is 1. The van der Waals surface area contributed by atoms with Crippen LogP contribution in [0.2, 0.25) is 0 Å². The normalized spacial score (nSPS) is 21.5. The van der Waals surface area contributed by atoms with Crippen LogP contribution in [0.3, 0.4) is 0 Å². The summed E-state index contributed by atoms with van der Waals surface area (Å²) in [4.78, 5) is 20.8. The number of hydrogen-bond acceptors (Lipinski definition) is 5. The number of amides is 1. The van der Waals surface area contributed by atoms with Gasteiger partial charge in [-0.25, -0.2) is 4.98 Å². The van der Waals surface area contributed by atoms with E-state index in [4.69, 9.17) is 4.74 Å². The number of carbonyl (C=O) groups excluding carboxylic acids is 1. The van der Waals surface area contributed by atoms with E-state index in [1.54, 1.807) is 17.7 Å². The quantitative estimate of drug-likeness (QED) is 0.841. The first-order valence-electron chi connectivity index (χ1n) is 9.40. The highest BCUT2D eigenvalue weighted by Gasteiger charge is 2.31. The highest BCUT2D eigenvalue weighted by Crippen LogP contribution is 2.24. The summed E-state index contributed by atoms with van der Waals surface area (Å²) in [5, 5.41) is 5.19. The molecular weight excluding hydrogens is 348 g/mol. The molecule has 1 saturated heterocycles. The van der Waals surface area contributed by atoms with Crippen molar-refractivity contribution in [2.45, 2.75) is 31.8 Å². The Morgan fingerprint density at radius 2 is 2.27 bits per heavy atom. The number of rotatable bonds is 6. The molecule has 1 amide bonds. The minimum Gasteiger partial charge on any atom is -0.381 e. The van der Waals surface area contributed by atoms with Crippen LogP contribution in [0.5, 0.6) is 0 Å². The minimum absolute atomic E-state index is 0.0949. The molecule has 1 atom stereocenters. The molecule has 2 aliphatic rings. The number of hydrogen-bond donors (Lipinski definition) is 1. The monoisotopic (exact) mass is 374 g/mol. The van der Waals surface area contributed by atoms with Crippen molar-refractivity contribution < 1.29 is 9.53 Å². The molecule has 0 spiro atoms. The smallest absolute Gasteiger partial charge is 0.244 e. The van der Waals surface area contributed by atoms with Crippen molar-refractivity contribution >= 4 is 17.2 Å². The number of aromatic nitrogens is 2. The van der Waals surface area contributed by atoms with E-state index in [9.17, 15) is 4.79 Å². The van der Waals surface area contributed by atoms with Gasteiger partial charge < -0.3 is 14.6 Å². The van der Waals surface area contributed by atoms with Crippen LogP contribution < -0.4 is 5.32 Å². The second-order valence-electron chi connectivity index (χ2n) is 7.18.